The van der Waals surface area contributed by atoms with Gasteiger partial charge in [-0.3, -0.25) is 0 Å². The standard InChI is InChI=1S/C10H16N2.U/c1-4-6-10(5-2)9-12-8-7-11-3;/h4-6H,1-2,7-9H2,3H3;/q-2;+2/b10-6+;. The van der Waals surface area contributed by atoms with Crippen LogP contribution in [-0.4, -0.2) is 26.7 Å². The van der Waals surface area contributed by atoms with Crippen molar-refractivity contribution in [1.29, 1.82) is 0 Å². The maximum atomic E-state index is 4.27. The zero-order valence-electron chi connectivity index (χ0n) is 8.16. The summed E-state index contributed by atoms with van der Waals surface area (Å²) in [6.45, 7) is 9.60. The van der Waals surface area contributed by atoms with Gasteiger partial charge in [0.2, 0.25) is 0 Å². The molecule has 0 aromatic rings. The van der Waals surface area contributed by atoms with E-state index in [1.165, 1.54) is 0 Å². The number of likely N-dealkylation sites (N-methyl/N-ethyl adjacent to an activating group) is 1. The minimum atomic E-state index is 0. The van der Waals surface area contributed by atoms with Gasteiger partial charge >= 0.3 is 31.1 Å². The maximum Gasteiger partial charge on any atom is 2.00 e. The van der Waals surface area contributed by atoms with Crippen molar-refractivity contribution in [2.24, 2.45) is 0 Å². The Labute approximate surface area is 105 Å². The smallest absolute Gasteiger partial charge is 0.666 e. The molecule has 0 bridgehead atoms. The normalized spacial score (nSPS) is 10.4. The molecule has 0 radical (unpaired) electrons. The molecule has 0 amide bonds. The molecule has 13 heavy (non-hydrogen) atoms. The van der Waals surface area contributed by atoms with E-state index in [0.29, 0.717) is 6.54 Å². The molecule has 0 atom stereocenters. The van der Waals surface area contributed by atoms with Crippen molar-refractivity contribution < 1.29 is 31.1 Å². The van der Waals surface area contributed by atoms with Crippen molar-refractivity contribution in [3.05, 3.63) is 47.6 Å². The zero-order valence-corrected chi connectivity index (χ0v) is 12.3. The summed E-state index contributed by atoms with van der Waals surface area (Å²) in [5.74, 6) is 0. The average Bonchev–Trinajstić information content (AvgIpc) is 2.10. The Kier molecular flexibility index (Phi) is 14.7. The number of hydrogen-bond donors (Lipinski definition) is 0. The summed E-state index contributed by atoms with van der Waals surface area (Å²) in [5, 5.41) is 8.21. The van der Waals surface area contributed by atoms with Gasteiger partial charge in [-0.25, -0.2) is 0 Å². The Morgan fingerprint density at radius 3 is 2.46 bits per heavy atom. The Morgan fingerprint density at radius 2 is 2.00 bits per heavy atom. The van der Waals surface area contributed by atoms with E-state index >= 15 is 0 Å². The summed E-state index contributed by atoms with van der Waals surface area (Å²) in [6.07, 6.45) is 5.46. The molecule has 0 rings (SSSR count). The first-order valence-corrected chi connectivity index (χ1v) is 3.98. The van der Waals surface area contributed by atoms with Gasteiger partial charge in [0.1, 0.15) is 0 Å². The van der Waals surface area contributed by atoms with E-state index in [1.54, 1.807) is 19.2 Å². The van der Waals surface area contributed by atoms with Crippen molar-refractivity contribution in [3.63, 3.8) is 0 Å². The molecule has 0 saturated heterocycles. The van der Waals surface area contributed by atoms with Gasteiger partial charge < -0.3 is 10.6 Å². The predicted molar refractivity (Wildman–Crippen MR) is 55.7 cm³/mol. The van der Waals surface area contributed by atoms with Crippen LogP contribution in [0.15, 0.2) is 37.0 Å². The molecule has 70 valence electrons. The van der Waals surface area contributed by atoms with E-state index in [-0.39, 0.29) is 31.1 Å². The van der Waals surface area contributed by atoms with Crippen LogP contribution in [-0.2, 0) is 0 Å². The van der Waals surface area contributed by atoms with Crippen LogP contribution in [0.25, 0.3) is 10.6 Å². The Morgan fingerprint density at radius 1 is 1.31 bits per heavy atom. The molecule has 0 aliphatic rings. The number of allylic oxidation sites excluding steroid dienone is 2. The van der Waals surface area contributed by atoms with Crippen LogP contribution in [0.4, 0.5) is 0 Å². The average molecular weight is 402 g/mol. The molecule has 0 saturated carbocycles. The molecule has 0 N–H and O–H groups in total. The van der Waals surface area contributed by atoms with Crippen molar-refractivity contribution in [2.45, 2.75) is 0 Å². The third-order valence-electron chi connectivity index (χ3n) is 1.37. The van der Waals surface area contributed by atoms with Crippen molar-refractivity contribution >= 4 is 0 Å². The monoisotopic (exact) mass is 402 g/mol. The second kappa shape index (κ2) is 12.2. The summed E-state index contributed by atoms with van der Waals surface area (Å²) in [7, 11) is 1.80. The molecule has 2 nitrogen and oxygen atoms in total. The molecule has 0 aliphatic carbocycles. The molecule has 0 unspecified atom stereocenters. The van der Waals surface area contributed by atoms with Crippen LogP contribution in [0.5, 0.6) is 0 Å². The molecule has 0 spiro atoms. The summed E-state index contributed by atoms with van der Waals surface area (Å²) in [6, 6.07) is 0. The molecule has 0 aromatic heterocycles. The van der Waals surface area contributed by atoms with Gasteiger partial charge in [-0.1, -0.05) is 37.0 Å². The molecule has 0 heterocycles. The fourth-order valence-electron chi connectivity index (χ4n) is 0.716. The number of nitrogens with zero attached hydrogens (tertiary/aromatic N) is 2. The van der Waals surface area contributed by atoms with Gasteiger partial charge in [-0.15, -0.1) is 6.54 Å². The number of hydrogen-bond acceptors (Lipinski definition) is 0. The first-order valence-electron chi connectivity index (χ1n) is 3.98. The summed E-state index contributed by atoms with van der Waals surface area (Å²) < 4.78 is 0. The van der Waals surface area contributed by atoms with Crippen LogP contribution in [0, 0.1) is 31.1 Å². The Hall–Kier alpha value is 0.192. The first kappa shape index (κ1) is 15.7. The molecule has 0 fully saturated rings. The minimum absolute atomic E-state index is 0. The van der Waals surface area contributed by atoms with Crippen LogP contribution in [0.1, 0.15) is 0 Å². The predicted octanol–water partition coefficient (Wildman–Crippen LogP) is 2.66. The summed E-state index contributed by atoms with van der Waals surface area (Å²) >= 11 is 0. The van der Waals surface area contributed by atoms with Gasteiger partial charge in [-0.05, 0) is 0 Å². The van der Waals surface area contributed by atoms with Crippen molar-refractivity contribution in [2.75, 3.05) is 26.7 Å². The zero-order chi connectivity index (χ0) is 9.23. The fraction of sp³-hybridized carbons (Fsp3) is 0.400. The van der Waals surface area contributed by atoms with Gasteiger partial charge in [0.15, 0.2) is 0 Å². The SMILES string of the molecule is C=C/C=C(\C=C)C[N-]CC[N-]C.[U+2]. The molecular formula is C10H16N2U. The van der Waals surface area contributed by atoms with Crippen molar-refractivity contribution in [1.82, 2.24) is 0 Å². The number of rotatable bonds is 7. The maximum absolute atomic E-state index is 4.27. The quantitative estimate of drug-likeness (QED) is 0.463. The molecule has 0 aliphatic heterocycles. The third kappa shape index (κ3) is 10.1. The second-order valence-electron chi connectivity index (χ2n) is 2.33. The van der Waals surface area contributed by atoms with E-state index < -0.39 is 0 Å². The first-order chi connectivity index (χ1) is 5.85. The third-order valence-corrected chi connectivity index (χ3v) is 1.37. The Bertz CT molecular complexity index is 164. The van der Waals surface area contributed by atoms with Crippen LogP contribution in [0.3, 0.4) is 0 Å². The molecule has 3 heteroatoms. The van der Waals surface area contributed by atoms with Gasteiger partial charge in [0, 0.05) is 0 Å². The van der Waals surface area contributed by atoms with Crippen molar-refractivity contribution in [3.8, 4) is 0 Å². The van der Waals surface area contributed by atoms with E-state index in [0.717, 1.165) is 18.7 Å². The second-order valence-corrected chi connectivity index (χ2v) is 2.33. The topological polar surface area (TPSA) is 28.2 Å². The van der Waals surface area contributed by atoms with Gasteiger partial charge in [0.05, 0.1) is 0 Å². The van der Waals surface area contributed by atoms with Gasteiger partial charge in [-0.2, -0.15) is 20.1 Å². The largest absolute Gasteiger partial charge is 2.00 e. The van der Waals surface area contributed by atoms with E-state index in [4.69, 9.17) is 0 Å². The summed E-state index contributed by atoms with van der Waals surface area (Å²) in [4.78, 5) is 0. The van der Waals surface area contributed by atoms with E-state index in [2.05, 4.69) is 23.8 Å². The van der Waals surface area contributed by atoms with Gasteiger partial charge in [0.25, 0.3) is 0 Å². The Balaban J connectivity index is 0. The van der Waals surface area contributed by atoms with Crippen LogP contribution < -0.4 is 0 Å². The minimum Gasteiger partial charge on any atom is -0.666 e. The van der Waals surface area contributed by atoms with Crippen LogP contribution in [0.2, 0.25) is 0 Å². The summed E-state index contributed by atoms with van der Waals surface area (Å²) in [5.41, 5.74) is 1.10. The van der Waals surface area contributed by atoms with E-state index in [1.807, 2.05) is 6.08 Å². The van der Waals surface area contributed by atoms with E-state index in [9.17, 15) is 0 Å². The molecular weight excluding hydrogens is 386 g/mol. The van der Waals surface area contributed by atoms with Crippen LogP contribution >= 0.6 is 0 Å². The fourth-order valence-corrected chi connectivity index (χ4v) is 0.716. The molecule has 0 aromatic carbocycles.